The molecule has 206 valence electrons. The number of fused-ring (bicyclic) bond motifs is 1. The molecule has 3 aromatic heterocycles. The Labute approximate surface area is 229 Å². The molecule has 0 aliphatic carbocycles. The number of imidazole rings is 1. The Balaban J connectivity index is 1.53. The molecule has 3 aromatic rings. The number of carbonyl (C=O) groups excluding carboxylic acids is 2. The van der Waals surface area contributed by atoms with Crippen LogP contribution in [0.1, 0.15) is 55.5 Å². The van der Waals surface area contributed by atoms with Crippen LogP contribution in [0.15, 0.2) is 24.8 Å². The molecule has 1 saturated heterocycles. The van der Waals surface area contributed by atoms with Gasteiger partial charge in [-0.3, -0.25) is 14.0 Å². The van der Waals surface area contributed by atoms with Gasteiger partial charge in [0.1, 0.15) is 16.9 Å². The largest absolute Gasteiger partial charge is 0.496 e. The van der Waals surface area contributed by atoms with E-state index in [9.17, 15) is 9.59 Å². The lowest BCUT2D eigenvalue weighted by molar-refractivity contribution is -0.141. The van der Waals surface area contributed by atoms with E-state index in [1.165, 1.54) is 11.3 Å². The number of pyridine rings is 1. The molecular formula is C27H38N4O5SSi. The summed E-state index contributed by atoms with van der Waals surface area (Å²) < 4.78 is 19.3. The van der Waals surface area contributed by atoms with Gasteiger partial charge in [-0.05, 0) is 31.1 Å². The summed E-state index contributed by atoms with van der Waals surface area (Å²) in [5.41, 5.74) is 1.60. The number of aromatic nitrogens is 3. The Hall–Kier alpha value is -2.76. The maximum absolute atomic E-state index is 13.6. The first-order valence-corrected chi connectivity index (χ1v) is 16.5. The average molecular weight is 559 g/mol. The first-order valence-electron chi connectivity index (χ1n) is 12.8. The summed E-state index contributed by atoms with van der Waals surface area (Å²) in [4.78, 5) is 36.5. The number of ketones is 1. The Kier molecular flexibility index (Phi) is 7.75. The molecule has 1 aliphatic rings. The van der Waals surface area contributed by atoms with Crippen LogP contribution in [0, 0.1) is 11.8 Å². The SMILES string of the molecule is COc1ccnc(OC)c1Cc1ncn2cc(C(=O)C(C)[C@H]3NC(=O)[C@@H]3[C@@H](C)O[Si](C)(C)C(C)(C)C)sc12. The predicted octanol–water partition coefficient (Wildman–Crippen LogP) is 4.74. The van der Waals surface area contributed by atoms with Crippen LogP contribution < -0.4 is 14.8 Å². The van der Waals surface area contributed by atoms with E-state index in [-0.39, 0.29) is 40.7 Å². The Morgan fingerprint density at radius 2 is 1.92 bits per heavy atom. The van der Waals surface area contributed by atoms with E-state index >= 15 is 0 Å². The highest BCUT2D eigenvalue weighted by atomic mass is 32.1. The third-order valence-corrected chi connectivity index (χ3v) is 13.7. The Morgan fingerprint density at radius 1 is 1.21 bits per heavy atom. The number of carbonyl (C=O) groups is 2. The summed E-state index contributed by atoms with van der Waals surface area (Å²) >= 11 is 1.40. The quantitative estimate of drug-likeness (QED) is 0.218. The summed E-state index contributed by atoms with van der Waals surface area (Å²) in [6, 6.07) is 1.52. The number of β-lactam (4-membered cyclic amide) rings is 1. The molecule has 1 aliphatic heterocycles. The average Bonchev–Trinajstić information content (AvgIpc) is 3.42. The van der Waals surface area contributed by atoms with Gasteiger partial charge in [0.05, 0.1) is 48.4 Å². The molecule has 0 spiro atoms. The van der Waals surface area contributed by atoms with E-state index in [1.807, 2.05) is 24.4 Å². The molecule has 1 fully saturated rings. The molecule has 4 atom stereocenters. The van der Waals surface area contributed by atoms with Crippen LogP contribution in [0.5, 0.6) is 11.6 Å². The predicted molar refractivity (Wildman–Crippen MR) is 150 cm³/mol. The Bertz CT molecular complexity index is 1320. The second-order valence-electron chi connectivity index (χ2n) is 11.5. The zero-order valence-corrected chi connectivity index (χ0v) is 25.4. The van der Waals surface area contributed by atoms with Crippen molar-refractivity contribution in [2.75, 3.05) is 14.2 Å². The fourth-order valence-electron chi connectivity index (χ4n) is 4.70. The zero-order chi connectivity index (χ0) is 28.0. The van der Waals surface area contributed by atoms with Crippen molar-refractivity contribution in [3.63, 3.8) is 0 Å². The Morgan fingerprint density at radius 3 is 2.53 bits per heavy atom. The number of amides is 1. The molecule has 9 nitrogen and oxygen atoms in total. The van der Waals surface area contributed by atoms with Crippen molar-refractivity contribution in [3.8, 4) is 11.6 Å². The van der Waals surface area contributed by atoms with E-state index in [0.717, 1.165) is 16.1 Å². The number of rotatable bonds is 10. The van der Waals surface area contributed by atoms with Crippen LogP contribution >= 0.6 is 11.3 Å². The van der Waals surface area contributed by atoms with Crippen molar-refractivity contribution < 1.29 is 23.5 Å². The van der Waals surface area contributed by atoms with Crippen molar-refractivity contribution in [1.29, 1.82) is 0 Å². The van der Waals surface area contributed by atoms with Gasteiger partial charge in [0.25, 0.3) is 0 Å². The van der Waals surface area contributed by atoms with Crippen molar-refractivity contribution in [2.24, 2.45) is 11.8 Å². The molecule has 1 N–H and O–H groups in total. The van der Waals surface area contributed by atoms with Gasteiger partial charge in [-0.15, -0.1) is 11.3 Å². The van der Waals surface area contributed by atoms with E-state index in [2.05, 4.69) is 49.1 Å². The first-order chi connectivity index (χ1) is 17.8. The summed E-state index contributed by atoms with van der Waals surface area (Å²) in [6.07, 6.45) is 5.35. The maximum Gasteiger partial charge on any atom is 0.228 e. The van der Waals surface area contributed by atoms with E-state index in [4.69, 9.17) is 13.9 Å². The smallest absolute Gasteiger partial charge is 0.228 e. The van der Waals surface area contributed by atoms with Gasteiger partial charge in [-0.1, -0.05) is 27.7 Å². The molecular weight excluding hydrogens is 520 g/mol. The minimum absolute atomic E-state index is 0.00397. The second kappa shape index (κ2) is 10.4. The molecule has 0 saturated carbocycles. The number of Topliss-reactive ketones (excluding diaryl/α,β-unsaturated/α-hetero) is 1. The lowest BCUT2D eigenvalue weighted by atomic mass is 9.77. The number of methoxy groups -OCH3 is 2. The van der Waals surface area contributed by atoms with Crippen LogP contribution in [0.3, 0.4) is 0 Å². The minimum Gasteiger partial charge on any atom is -0.496 e. The highest BCUT2D eigenvalue weighted by Crippen LogP contribution is 2.40. The number of thiazole rings is 1. The topological polar surface area (TPSA) is 104 Å². The molecule has 0 radical (unpaired) electrons. The first kappa shape index (κ1) is 28.3. The molecule has 4 heterocycles. The highest BCUT2D eigenvalue weighted by Gasteiger charge is 2.50. The fourth-order valence-corrected chi connectivity index (χ4v) is 7.24. The molecule has 1 amide bonds. The minimum atomic E-state index is -2.06. The second-order valence-corrected chi connectivity index (χ2v) is 17.3. The van der Waals surface area contributed by atoms with Crippen molar-refractivity contribution in [2.45, 2.75) is 71.3 Å². The van der Waals surface area contributed by atoms with Crippen molar-refractivity contribution in [3.05, 3.63) is 40.9 Å². The molecule has 1 unspecified atom stereocenters. The van der Waals surface area contributed by atoms with Gasteiger partial charge in [0, 0.05) is 24.7 Å². The molecule has 11 heteroatoms. The van der Waals surface area contributed by atoms with Crippen LogP contribution in [-0.2, 0) is 15.6 Å². The standard InChI is InChI=1S/C27H38N4O5SSi/c1-15(22-21(24(33)30-22)16(2)36-38(8,9)27(3,4)5)23(32)20-13-31-14-29-18(26(31)37-20)12-17-19(34-6)10-11-28-25(17)35-7/h10-11,13-16,21-22H,12H2,1-9H3,(H,30,33)/t15?,16-,21-,22-/m1/s1. The summed E-state index contributed by atoms with van der Waals surface area (Å²) in [5, 5.41) is 3.01. The number of nitrogens with zero attached hydrogens (tertiary/aromatic N) is 3. The van der Waals surface area contributed by atoms with Crippen molar-refractivity contribution in [1.82, 2.24) is 19.7 Å². The molecule has 38 heavy (non-hydrogen) atoms. The molecule has 4 rings (SSSR count). The van der Waals surface area contributed by atoms with Gasteiger partial charge < -0.3 is 19.2 Å². The third-order valence-electron chi connectivity index (χ3n) is 8.00. The van der Waals surface area contributed by atoms with Crippen LogP contribution in [-0.4, -0.2) is 60.7 Å². The van der Waals surface area contributed by atoms with Gasteiger partial charge in [0.2, 0.25) is 11.8 Å². The zero-order valence-electron chi connectivity index (χ0n) is 23.6. The molecule has 0 aromatic carbocycles. The van der Waals surface area contributed by atoms with Gasteiger partial charge in [-0.25, -0.2) is 9.97 Å². The van der Waals surface area contributed by atoms with E-state index in [1.54, 1.807) is 32.8 Å². The third kappa shape index (κ3) is 5.11. The van der Waals surface area contributed by atoms with E-state index in [0.29, 0.717) is 22.9 Å². The number of hydrogen-bond acceptors (Lipinski definition) is 8. The van der Waals surface area contributed by atoms with Gasteiger partial charge in [0.15, 0.2) is 14.1 Å². The maximum atomic E-state index is 13.6. The van der Waals surface area contributed by atoms with Crippen LogP contribution in [0.4, 0.5) is 0 Å². The highest BCUT2D eigenvalue weighted by molar-refractivity contribution is 7.19. The molecule has 0 bridgehead atoms. The number of ether oxygens (including phenoxy) is 2. The number of hydrogen-bond donors (Lipinski definition) is 1. The summed E-state index contributed by atoms with van der Waals surface area (Å²) in [7, 11) is 1.12. The van der Waals surface area contributed by atoms with Gasteiger partial charge >= 0.3 is 0 Å². The fraction of sp³-hybridized carbons (Fsp3) is 0.556. The van der Waals surface area contributed by atoms with Crippen molar-refractivity contribution >= 4 is 36.2 Å². The lowest BCUT2D eigenvalue weighted by Crippen LogP contribution is -2.66. The normalized spacial score (nSPS) is 19.6. The lowest BCUT2D eigenvalue weighted by Gasteiger charge is -2.46. The summed E-state index contributed by atoms with van der Waals surface area (Å²) in [5.74, 6) is 0.355. The summed E-state index contributed by atoms with van der Waals surface area (Å²) in [6.45, 7) is 14.7. The monoisotopic (exact) mass is 558 g/mol. The van der Waals surface area contributed by atoms with Crippen LogP contribution in [0.25, 0.3) is 4.83 Å². The van der Waals surface area contributed by atoms with Gasteiger partial charge in [-0.2, -0.15) is 0 Å². The van der Waals surface area contributed by atoms with E-state index < -0.39 is 8.32 Å². The van der Waals surface area contributed by atoms with Crippen LogP contribution in [0.2, 0.25) is 18.1 Å². The number of nitrogens with one attached hydrogen (secondary N) is 1.